The molecule has 0 saturated heterocycles. The van der Waals surface area contributed by atoms with Crippen LogP contribution in [-0.4, -0.2) is 37.2 Å². The quantitative estimate of drug-likeness (QED) is 0.479. The van der Waals surface area contributed by atoms with E-state index in [0.717, 1.165) is 10.4 Å². The van der Waals surface area contributed by atoms with Crippen LogP contribution < -0.4 is 10.0 Å². The molecule has 2 N–H and O–H groups in total. The molecule has 0 atom stereocenters. The van der Waals surface area contributed by atoms with Gasteiger partial charge in [0.1, 0.15) is 5.60 Å². The second kappa shape index (κ2) is 9.52. The number of carbonyl (C=O) groups is 1. The molecule has 0 spiro atoms. The van der Waals surface area contributed by atoms with Crippen molar-refractivity contribution in [3.05, 3.63) is 59.6 Å². The Morgan fingerprint density at radius 2 is 1.81 bits per heavy atom. The van der Waals surface area contributed by atoms with Crippen molar-refractivity contribution in [3.63, 3.8) is 0 Å². The van der Waals surface area contributed by atoms with Crippen LogP contribution in [0.3, 0.4) is 0 Å². The number of hydrogen-bond donors (Lipinski definition) is 2. The highest BCUT2D eigenvalue weighted by Gasteiger charge is 2.23. The summed E-state index contributed by atoms with van der Waals surface area (Å²) in [6, 6.07) is 16.3. The Kier molecular flexibility index (Phi) is 7.20. The number of ether oxygens (including phenoxy) is 1. The maximum atomic E-state index is 13.0. The van der Waals surface area contributed by atoms with E-state index in [4.69, 9.17) is 16.3 Å². The maximum absolute atomic E-state index is 13.0. The van der Waals surface area contributed by atoms with Gasteiger partial charge in [0.25, 0.3) is 10.0 Å². The number of rotatable bonds is 7. The monoisotopic (exact) mass is 481 g/mol. The molecule has 166 valence electrons. The summed E-state index contributed by atoms with van der Waals surface area (Å²) in [5.74, 6) is 0. The van der Waals surface area contributed by atoms with Crippen LogP contribution in [0.2, 0.25) is 5.02 Å². The molecule has 3 rings (SSSR count). The minimum Gasteiger partial charge on any atom is -0.444 e. The third-order valence-corrected chi connectivity index (χ3v) is 6.83. The van der Waals surface area contributed by atoms with Crippen molar-refractivity contribution in [2.24, 2.45) is 0 Å². The van der Waals surface area contributed by atoms with Crippen LogP contribution >= 0.6 is 23.5 Å². The van der Waals surface area contributed by atoms with Crippen LogP contribution in [0.25, 0.3) is 10.9 Å². The number of hydrogen-bond acceptors (Lipinski definition) is 5. The SMILES string of the molecule is CC(C)(C)OC(=O)NCCNS(=O)(=O)c1cc2cc(Cl)ccc2n1Sc1ccccc1. The van der Waals surface area contributed by atoms with Crippen LogP contribution in [0.1, 0.15) is 20.8 Å². The molecule has 2 aromatic carbocycles. The zero-order valence-corrected chi connectivity index (χ0v) is 19.8. The highest BCUT2D eigenvalue weighted by atomic mass is 35.5. The molecule has 0 saturated carbocycles. The number of aromatic nitrogens is 1. The summed E-state index contributed by atoms with van der Waals surface area (Å²) in [6.07, 6.45) is -0.602. The molecule has 1 heterocycles. The number of amides is 1. The Morgan fingerprint density at radius 3 is 2.48 bits per heavy atom. The molecule has 1 aromatic heterocycles. The molecule has 0 aliphatic carbocycles. The molecule has 31 heavy (non-hydrogen) atoms. The van der Waals surface area contributed by atoms with E-state index in [0.29, 0.717) is 10.4 Å². The van der Waals surface area contributed by atoms with Gasteiger partial charge < -0.3 is 10.1 Å². The Morgan fingerprint density at radius 1 is 1.10 bits per heavy atom. The van der Waals surface area contributed by atoms with E-state index in [9.17, 15) is 13.2 Å². The lowest BCUT2D eigenvalue weighted by molar-refractivity contribution is 0.0529. The zero-order valence-electron chi connectivity index (χ0n) is 17.4. The summed E-state index contributed by atoms with van der Waals surface area (Å²) in [6.45, 7) is 5.37. The van der Waals surface area contributed by atoms with E-state index < -0.39 is 21.7 Å². The molecule has 1 amide bonds. The standard InChI is InChI=1S/C21H24ClN3O4S2/c1-21(2,3)29-20(26)23-11-12-24-31(27,28)19-14-15-13-16(22)9-10-18(15)25(19)30-17-7-5-4-6-8-17/h4-10,13-14,24H,11-12H2,1-3H3,(H,23,26). The normalized spacial score (nSPS) is 12.1. The van der Waals surface area contributed by atoms with Gasteiger partial charge in [-0.15, -0.1) is 0 Å². The third-order valence-electron chi connectivity index (χ3n) is 3.99. The lowest BCUT2D eigenvalue weighted by Crippen LogP contribution is -2.38. The van der Waals surface area contributed by atoms with Crippen molar-refractivity contribution in [3.8, 4) is 0 Å². The van der Waals surface area contributed by atoms with Crippen molar-refractivity contribution in [2.45, 2.75) is 36.3 Å². The Hall–Kier alpha value is -2.20. The molecular formula is C21H24ClN3O4S2. The summed E-state index contributed by atoms with van der Waals surface area (Å²) in [5.41, 5.74) is 0.103. The number of alkyl carbamates (subject to hydrolysis) is 1. The minimum absolute atomic E-state index is 0.0138. The Labute approximate surface area is 191 Å². The lowest BCUT2D eigenvalue weighted by atomic mass is 10.2. The maximum Gasteiger partial charge on any atom is 0.407 e. The first-order chi connectivity index (χ1) is 14.5. The van der Waals surface area contributed by atoms with Gasteiger partial charge >= 0.3 is 6.09 Å². The van der Waals surface area contributed by atoms with Crippen LogP contribution in [0, 0.1) is 0 Å². The second-order valence-electron chi connectivity index (χ2n) is 7.71. The number of fused-ring (bicyclic) bond motifs is 1. The Bertz CT molecular complexity index is 1170. The van der Waals surface area contributed by atoms with Crippen molar-refractivity contribution in [1.82, 2.24) is 14.0 Å². The predicted octanol–water partition coefficient (Wildman–Crippen LogP) is 4.65. The summed E-state index contributed by atoms with van der Waals surface area (Å²) >= 11 is 7.40. The highest BCUT2D eigenvalue weighted by molar-refractivity contribution is 7.98. The summed E-state index contributed by atoms with van der Waals surface area (Å²) in [5, 5.41) is 3.86. The lowest BCUT2D eigenvalue weighted by Gasteiger charge is -2.19. The summed E-state index contributed by atoms with van der Waals surface area (Å²) in [4.78, 5) is 12.6. The number of nitrogens with zero attached hydrogens (tertiary/aromatic N) is 1. The number of halogens is 1. The van der Waals surface area contributed by atoms with Crippen molar-refractivity contribution in [1.29, 1.82) is 0 Å². The van der Waals surface area contributed by atoms with Crippen molar-refractivity contribution >= 4 is 50.6 Å². The van der Waals surface area contributed by atoms with Crippen LogP contribution in [0.15, 0.2) is 64.5 Å². The molecule has 10 heteroatoms. The average molecular weight is 482 g/mol. The topological polar surface area (TPSA) is 89.4 Å². The van der Waals surface area contributed by atoms with E-state index in [-0.39, 0.29) is 18.1 Å². The minimum atomic E-state index is -3.86. The zero-order chi connectivity index (χ0) is 22.6. The molecule has 3 aromatic rings. The van der Waals surface area contributed by atoms with Crippen LogP contribution in [-0.2, 0) is 14.8 Å². The van der Waals surface area contributed by atoms with Crippen LogP contribution in [0.5, 0.6) is 0 Å². The number of sulfonamides is 1. The van der Waals surface area contributed by atoms with Gasteiger partial charge in [-0.3, -0.25) is 3.97 Å². The fraction of sp³-hybridized carbons (Fsp3) is 0.286. The number of benzene rings is 2. The van der Waals surface area contributed by atoms with Gasteiger partial charge in [-0.2, -0.15) is 0 Å². The van der Waals surface area contributed by atoms with E-state index in [1.165, 1.54) is 11.9 Å². The van der Waals surface area contributed by atoms with Gasteiger partial charge in [-0.1, -0.05) is 29.8 Å². The highest BCUT2D eigenvalue weighted by Crippen LogP contribution is 2.33. The largest absolute Gasteiger partial charge is 0.444 e. The predicted molar refractivity (Wildman–Crippen MR) is 124 cm³/mol. The molecule has 0 fully saturated rings. The van der Waals surface area contributed by atoms with Gasteiger partial charge in [0.05, 0.1) is 5.52 Å². The number of carbonyl (C=O) groups excluding carboxylic acids is 1. The summed E-state index contributed by atoms with van der Waals surface area (Å²) in [7, 11) is -3.86. The van der Waals surface area contributed by atoms with Gasteiger partial charge in [0.2, 0.25) is 0 Å². The van der Waals surface area contributed by atoms with E-state index in [2.05, 4.69) is 10.0 Å². The molecule has 0 unspecified atom stereocenters. The summed E-state index contributed by atoms with van der Waals surface area (Å²) < 4.78 is 35.4. The number of nitrogens with one attached hydrogen (secondary N) is 2. The van der Waals surface area contributed by atoms with E-state index >= 15 is 0 Å². The Balaban J connectivity index is 1.79. The van der Waals surface area contributed by atoms with Gasteiger partial charge in [-0.05, 0) is 69.1 Å². The fourth-order valence-electron chi connectivity index (χ4n) is 2.74. The average Bonchev–Trinajstić information content (AvgIpc) is 3.03. The van der Waals surface area contributed by atoms with E-state index in [1.807, 2.05) is 30.3 Å². The van der Waals surface area contributed by atoms with Crippen molar-refractivity contribution in [2.75, 3.05) is 13.1 Å². The van der Waals surface area contributed by atoms with Gasteiger partial charge in [0, 0.05) is 28.4 Å². The molecular weight excluding hydrogens is 458 g/mol. The van der Waals surface area contributed by atoms with Crippen molar-refractivity contribution < 1.29 is 17.9 Å². The van der Waals surface area contributed by atoms with Gasteiger partial charge in [-0.25, -0.2) is 17.9 Å². The molecule has 0 aliphatic heterocycles. The first kappa shape index (κ1) is 23.5. The van der Waals surface area contributed by atoms with Gasteiger partial charge in [0.15, 0.2) is 5.03 Å². The molecule has 7 nitrogen and oxygen atoms in total. The fourth-order valence-corrected chi connectivity index (χ4v) is 5.34. The molecule has 0 aliphatic rings. The first-order valence-electron chi connectivity index (χ1n) is 9.56. The molecule has 0 bridgehead atoms. The molecule has 0 radical (unpaired) electrons. The van der Waals surface area contributed by atoms with E-state index in [1.54, 1.807) is 49.0 Å². The smallest absolute Gasteiger partial charge is 0.407 e. The third kappa shape index (κ3) is 6.39. The van der Waals surface area contributed by atoms with Crippen LogP contribution in [0.4, 0.5) is 4.79 Å². The first-order valence-corrected chi connectivity index (χ1v) is 12.2. The second-order valence-corrected chi connectivity index (χ2v) is 10.9.